The van der Waals surface area contributed by atoms with Crippen molar-refractivity contribution in [2.45, 2.75) is 32.2 Å². The van der Waals surface area contributed by atoms with Crippen molar-refractivity contribution in [3.8, 4) is 0 Å². The molecule has 140 valence electrons. The zero-order chi connectivity index (χ0) is 19.4. The van der Waals surface area contributed by atoms with Crippen LogP contribution in [0.25, 0.3) is 10.2 Å². The number of anilines is 1. The first kappa shape index (κ1) is 18.8. The summed E-state index contributed by atoms with van der Waals surface area (Å²) in [4.78, 5) is 28.6. The van der Waals surface area contributed by atoms with Gasteiger partial charge in [0.2, 0.25) is 5.91 Å². The quantitative estimate of drug-likeness (QED) is 0.607. The van der Waals surface area contributed by atoms with E-state index in [4.69, 9.17) is 5.73 Å². The topological polar surface area (TPSA) is 97.1 Å². The number of carbonyl (C=O) groups is 2. The van der Waals surface area contributed by atoms with Gasteiger partial charge in [0.15, 0.2) is 0 Å². The van der Waals surface area contributed by atoms with Crippen LogP contribution in [0.3, 0.4) is 0 Å². The van der Waals surface area contributed by atoms with Gasteiger partial charge in [0.1, 0.15) is 6.04 Å². The van der Waals surface area contributed by atoms with Gasteiger partial charge in [-0.3, -0.25) is 4.79 Å². The van der Waals surface area contributed by atoms with Gasteiger partial charge in [-0.1, -0.05) is 44.2 Å². The Morgan fingerprint density at radius 3 is 2.56 bits per heavy atom. The number of amides is 3. The number of hydrogen-bond donors (Lipinski definition) is 3. The Kier molecular flexibility index (Phi) is 5.71. The Hall–Kier alpha value is -2.93. The summed E-state index contributed by atoms with van der Waals surface area (Å²) in [5, 5.41) is 6.45. The number of aromatic nitrogens is 1. The van der Waals surface area contributed by atoms with E-state index in [-0.39, 0.29) is 5.91 Å². The lowest BCUT2D eigenvalue weighted by Crippen LogP contribution is -2.47. The highest BCUT2D eigenvalue weighted by Crippen LogP contribution is 2.29. The highest BCUT2D eigenvalue weighted by molar-refractivity contribution is 7.18. The molecular weight excluding hydrogens is 360 g/mol. The number of thiazole rings is 1. The van der Waals surface area contributed by atoms with Gasteiger partial charge in [-0.15, -0.1) is 11.3 Å². The van der Waals surface area contributed by atoms with E-state index >= 15 is 0 Å². The number of nitrogens with two attached hydrogens (primary N) is 1. The van der Waals surface area contributed by atoms with Gasteiger partial charge in [0.25, 0.3) is 0 Å². The normalized spacial score (nSPS) is 12.1. The van der Waals surface area contributed by atoms with Crippen LogP contribution in [-0.4, -0.2) is 23.0 Å². The summed E-state index contributed by atoms with van der Waals surface area (Å²) in [6.07, 6.45) is 0.357. The number of nitrogens with one attached hydrogen (secondary N) is 2. The summed E-state index contributed by atoms with van der Waals surface area (Å²) in [7, 11) is 0. The van der Waals surface area contributed by atoms with Crippen molar-refractivity contribution in [1.29, 1.82) is 0 Å². The van der Waals surface area contributed by atoms with Gasteiger partial charge in [0, 0.05) is 18.0 Å². The van der Waals surface area contributed by atoms with E-state index in [9.17, 15) is 9.59 Å². The molecule has 4 N–H and O–H groups in total. The third-order valence-corrected chi connectivity index (χ3v) is 5.40. The highest BCUT2D eigenvalue weighted by atomic mass is 32.1. The van der Waals surface area contributed by atoms with Gasteiger partial charge in [0.05, 0.1) is 15.2 Å². The second kappa shape index (κ2) is 8.18. The lowest BCUT2D eigenvalue weighted by atomic mass is 10.1. The molecule has 0 spiro atoms. The first-order valence-corrected chi connectivity index (χ1v) is 9.55. The average molecular weight is 382 g/mol. The van der Waals surface area contributed by atoms with Crippen LogP contribution < -0.4 is 16.4 Å². The number of carbonyl (C=O) groups excluding carboxylic acids is 2. The van der Waals surface area contributed by atoms with E-state index < -0.39 is 12.1 Å². The van der Waals surface area contributed by atoms with Crippen LogP contribution in [-0.2, 0) is 11.2 Å². The smallest absolute Gasteiger partial charge is 0.312 e. The van der Waals surface area contributed by atoms with Crippen molar-refractivity contribution in [2.75, 3.05) is 5.32 Å². The number of fused-ring (bicyclic) bond motifs is 1. The predicted molar refractivity (Wildman–Crippen MR) is 109 cm³/mol. The molecule has 6 nitrogen and oxygen atoms in total. The molecule has 0 bridgehead atoms. The highest BCUT2D eigenvalue weighted by Gasteiger charge is 2.21. The average Bonchev–Trinajstić information content (AvgIpc) is 3.05. The SMILES string of the molecule is CC(C)c1nc2ccc(NC(=O)C(Cc3ccccc3)NC(N)=O)cc2s1. The maximum atomic E-state index is 12.7. The van der Waals surface area contributed by atoms with Crippen LogP contribution in [0.4, 0.5) is 10.5 Å². The van der Waals surface area contributed by atoms with Crippen molar-refractivity contribution in [3.63, 3.8) is 0 Å². The van der Waals surface area contributed by atoms with Crippen molar-refractivity contribution in [2.24, 2.45) is 5.73 Å². The van der Waals surface area contributed by atoms with Crippen LogP contribution in [0.15, 0.2) is 48.5 Å². The third kappa shape index (κ3) is 4.83. The molecule has 3 rings (SSSR count). The largest absolute Gasteiger partial charge is 0.352 e. The molecule has 1 unspecified atom stereocenters. The van der Waals surface area contributed by atoms with Gasteiger partial charge < -0.3 is 16.4 Å². The molecule has 2 aromatic carbocycles. The molecule has 7 heteroatoms. The molecule has 1 aromatic heterocycles. The van der Waals surface area contributed by atoms with Crippen LogP contribution in [0, 0.1) is 0 Å². The number of urea groups is 1. The predicted octanol–water partition coefficient (Wildman–Crippen LogP) is 3.64. The van der Waals surface area contributed by atoms with Crippen LogP contribution in [0.5, 0.6) is 0 Å². The number of hydrogen-bond acceptors (Lipinski definition) is 4. The van der Waals surface area contributed by atoms with E-state index in [1.165, 1.54) is 0 Å². The first-order chi connectivity index (χ1) is 12.9. The molecule has 0 fully saturated rings. The molecule has 3 amide bonds. The van der Waals surface area contributed by atoms with Gasteiger partial charge in [-0.25, -0.2) is 9.78 Å². The van der Waals surface area contributed by atoms with Gasteiger partial charge in [-0.05, 0) is 23.8 Å². The fraction of sp³-hybridized carbons (Fsp3) is 0.250. The maximum Gasteiger partial charge on any atom is 0.312 e. The zero-order valence-corrected chi connectivity index (χ0v) is 16.0. The van der Waals surface area contributed by atoms with Crippen molar-refractivity contribution < 1.29 is 9.59 Å². The molecule has 27 heavy (non-hydrogen) atoms. The summed E-state index contributed by atoms with van der Waals surface area (Å²) in [5.74, 6) is 0.0426. The minimum Gasteiger partial charge on any atom is -0.352 e. The maximum absolute atomic E-state index is 12.7. The second-order valence-corrected chi connectivity index (χ2v) is 7.69. The molecule has 0 aliphatic heterocycles. The van der Waals surface area contributed by atoms with Crippen LogP contribution in [0.1, 0.15) is 30.3 Å². The van der Waals surface area contributed by atoms with E-state index in [0.717, 1.165) is 20.8 Å². The summed E-state index contributed by atoms with van der Waals surface area (Å²) in [6.45, 7) is 4.20. The van der Waals surface area contributed by atoms with Gasteiger partial charge >= 0.3 is 6.03 Å². The number of nitrogens with zero attached hydrogens (tertiary/aromatic N) is 1. The molecule has 0 aliphatic rings. The van der Waals surface area contributed by atoms with E-state index in [1.807, 2.05) is 48.5 Å². The molecule has 1 atom stereocenters. The molecule has 1 heterocycles. The lowest BCUT2D eigenvalue weighted by Gasteiger charge is -2.17. The van der Waals surface area contributed by atoms with Crippen molar-refractivity contribution >= 4 is 39.2 Å². The zero-order valence-electron chi connectivity index (χ0n) is 15.2. The fourth-order valence-electron chi connectivity index (χ4n) is 2.73. The fourth-order valence-corrected chi connectivity index (χ4v) is 3.74. The van der Waals surface area contributed by atoms with Crippen LogP contribution in [0.2, 0.25) is 0 Å². The molecule has 0 radical (unpaired) electrons. The molecule has 0 aliphatic carbocycles. The molecule has 0 saturated carbocycles. The first-order valence-electron chi connectivity index (χ1n) is 8.73. The van der Waals surface area contributed by atoms with E-state index in [2.05, 4.69) is 29.5 Å². The molecule has 0 saturated heterocycles. The molecule has 3 aromatic rings. The van der Waals surface area contributed by atoms with Gasteiger partial charge in [-0.2, -0.15) is 0 Å². The summed E-state index contributed by atoms with van der Waals surface area (Å²) in [6, 6.07) is 13.6. The lowest BCUT2D eigenvalue weighted by molar-refractivity contribution is -0.117. The monoisotopic (exact) mass is 382 g/mol. The molecular formula is C20H22N4O2S. The summed E-state index contributed by atoms with van der Waals surface area (Å²) < 4.78 is 1.01. The van der Waals surface area contributed by atoms with Crippen molar-refractivity contribution in [3.05, 3.63) is 59.1 Å². The minimum absolute atomic E-state index is 0.314. The number of primary amides is 1. The standard InChI is InChI=1S/C20H22N4O2S/c1-12(2)19-23-15-9-8-14(11-17(15)27-19)22-18(25)16(24-20(21)26)10-13-6-4-3-5-7-13/h3-9,11-12,16H,10H2,1-2H3,(H,22,25)(H3,21,24,26). The van der Waals surface area contributed by atoms with E-state index in [0.29, 0.717) is 18.0 Å². The summed E-state index contributed by atoms with van der Waals surface area (Å²) in [5.41, 5.74) is 7.76. The Morgan fingerprint density at radius 2 is 1.89 bits per heavy atom. The Labute approximate surface area is 161 Å². The number of benzene rings is 2. The van der Waals surface area contributed by atoms with Crippen LogP contribution >= 0.6 is 11.3 Å². The Morgan fingerprint density at radius 1 is 1.15 bits per heavy atom. The van der Waals surface area contributed by atoms with E-state index in [1.54, 1.807) is 11.3 Å². The van der Waals surface area contributed by atoms with Crippen molar-refractivity contribution in [1.82, 2.24) is 10.3 Å². The second-order valence-electron chi connectivity index (χ2n) is 6.63. The number of rotatable bonds is 6. The summed E-state index contributed by atoms with van der Waals surface area (Å²) >= 11 is 1.62. The Bertz CT molecular complexity index is 953. The minimum atomic E-state index is -0.756. The third-order valence-electron chi connectivity index (χ3n) is 4.08. The Balaban J connectivity index is 1.77.